The fourth-order valence-corrected chi connectivity index (χ4v) is 2.32. The Kier molecular flexibility index (Phi) is 5.06. The molecule has 1 amide bonds. The minimum atomic E-state index is -0.198. The van der Waals surface area contributed by atoms with Crippen LogP contribution < -0.4 is 15.4 Å². The minimum Gasteiger partial charge on any atom is -0.407 e. The zero-order valence-corrected chi connectivity index (χ0v) is 13.1. The molecule has 0 atom stereocenters. The van der Waals surface area contributed by atoms with E-state index in [-0.39, 0.29) is 5.91 Å². The predicted molar refractivity (Wildman–Crippen MR) is 94.4 cm³/mol. The molecule has 0 spiro atoms. The van der Waals surface area contributed by atoms with Crippen molar-refractivity contribution in [3.05, 3.63) is 54.1 Å². The first-order valence-corrected chi connectivity index (χ1v) is 7.07. The first kappa shape index (κ1) is 16.2. The maximum absolute atomic E-state index is 11.8. The van der Waals surface area contributed by atoms with Crippen LogP contribution in [0.1, 0.15) is 15.9 Å². The average Bonchev–Trinajstić information content (AvgIpc) is 2.60. The Morgan fingerprint density at radius 2 is 2.04 bits per heavy atom. The average molecular weight is 306 g/mol. The third-order valence-electron chi connectivity index (χ3n) is 3.49. The molecule has 0 aliphatic carbocycles. The topological polar surface area (TPSA) is 50.4 Å². The molecule has 0 aromatic heterocycles. The summed E-state index contributed by atoms with van der Waals surface area (Å²) in [5.41, 5.74) is 4.16. The third-order valence-corrected chi connectivity index (χ3v) is 3.49. The van der Waals surface area contributed by atoms with Crippen molar-refractivity contribution < 1.29 is 9.53 Å². The molecule has 23 heavy (non-hydrogen) atoms. The molecule has 0 radical (unpaired) electrons. The number of rotatable bonds is 5. The van der Waals surface area contributed by atoms with Gasteiger partial charge in [0.25, 0.3) is 5.91 Å². The monoisotopic (exact) mass is 306 g/mol. The highest BCUT2D eigenvalue weighted by atomic mass is 16.5. The van der Waals surface area contributed by atoms with E-state index in [0.29, 0.717) is 11.3 Å². The van der Waals surface area contributed by atoms with Crippen molar-refractivity contribution in [3.8, 4) is 29.4 Å². The number of terminal acetylenes is 1. The Labute approximate surface area is 136 Å². The molecule has 0 heterocycles. The van der Waals surface area contributed by atoms with Crippen molar-refractivity contribution in [2.75, 3.05) is 19.4 Å². The van der Waals surface area contributed by atoms with E-state index in [9.17, 15) is 4.79 Å². The van der Waals surface area contributed by atoms with Gasteiger partial charge in [0, 0.05) is 30.9 Å². The number of carbonyl (C=O) groups is 1. The van der Waals surface area contributed by atoms with Crippen LogP contribution in [0.15, 0.2) is 43.0 Å². The van der Waals surface area contributed by atoms with Crippen LogP contribution in [-0.4, -0.2) is 20.0 Å². The highest BCUT2D eigenvalue weighted by Gasteiger charge is 2.12. The third kappa shape index (κ3) is 3.35. The van der Waals surface area contributed by atoms with E-state index in [1.54, 1.807) is 25.3 Å². The quantitative estimate of drug-likeness (QED) is 0.833. The van der Waals surface area contributed by atoms with Gasteiger partial charge in [0.15, 0.2) is 0 Å². The molecule has 0 saturated heterocycles. The SMILES string of the molecule is C#COc1cc(C(=O)NC)ccc1-c1ccc(NC)c(C=C)c1. The van der Waals surface area contributed by atoms with Crippen LogP contribution in [0.2, 0.25) is 0 Å². The summed E-state index contributed by atoms with van der Waals surface area (Å²) < 4.78 is 5.26. The second-order valence-electron chi connectivity index (χ2n) is 4.77. The lowest BCUT2D eigenvalue weighted by Gasteiger charge is -2.12. The van der Waals surface area contributed by atoms with Gasteiger partial charge in [-0.2, -0.15) is 0 Å². The predicted octanol–water partition coefficient (Wildman–Crippen LogP) is 3.37. The second kappa shape index (κ2) is 7.19. The van der Waals surface area contributed by atoms with Gasteiger partial charge < -0.3 is 15.4 Å². The van der Waals surface area contributed by atoms with E-state index in [2.05, 4.69) is 23.3 Å². The summed E-state index contributed by atoms with van der Waals surface area (Å²) in [6.07, 6.45) is 9.21. The Morgan fingerprint density at radius 1 is 1.26 bits per heavy atom. The smallest absolute Gasteiger partial charge is 0.251 e. The number of benzene rings is 2. The first-order chi connectivity index (χ1) is 11.1. The van der Waals surface area contributed by atoms with E-state index in [1.807, 2.05) is 31.3 Å². The number of anilines is 1. The number of hydrogen-bond donors (Lipinski definition) is 2. The standard InChI is InChI=1S/C19H18N2O2/c1-5-13-11-14(8-10-17(13)20-3)16-9-7-15(19(22)21-4)12-18(16)23-6-2/h2,5,7-12,20H,1H2,3-4H3,(H,21,22). The van der Waals surface area contributed by atoms with Crippen LogP contribution >= 0.6 is 0 Å². The lowest BCUT2D eigenvalue weighted by Crippen LogP contribution is -2.17. The molecule has 0 aliphatic rings. The molecule has 0 bridgehead atoms. The Balaban J connectivity index is 2.56. The Bertz CT molecular complexity index is 788. The van der Waals surface area contributed by atoms with Crippen LogP contribution in [0.3, 0.4) is 0 Å². The van der Waals surface area contributed by atoms with Gasteiger partial charge >= 0.3 is 0 Å². The van der Waals surface area contributed by atoms with E-state index >= 15 is 0 Å². The van der Waals surface area contributed by atoms with Gasteiger partial charge in [-0.1, -0.05) is 25.1 Å². The van der Waals surface area contributed by atoms with Crippen molar-refractivity contribution in [1.29, 1.82) is 0 Å². The summed E-state index contributed by atoms with van der Waals surface area (Å²) in [6.45, 7) is 3.82. The second-order valence-corrected chi connectivity index (χ2v) is 4.77. The molecule has 4 heteroatoms. The maximum atomic E-state index is 11.8. The maximum Gasteiger partial charge on any atom is 0.251 e. The number of carbonyl (C=O) groups excluding carboxylic acids is 1. The van der Waals surface area contributed by atoms with Crippen molar-refractivity contribution in [3.63, 3.8) is 0 Å². The summed E-state index contributed by atoms with van der Waals surface area (Å²) in [5, 5.41) is 5.68. The van der Waals surface area contributed by atoms with Crippen LogP contribution in [0.25, 0.3) is 17.2 Å². The van der Waals surface area contributed by atoms with Gasteiger partial charge in [-0.3, -0.25) is 4.79 Å². The molecule has 0 saturated carbocycles. The molecule has 116 valence electrons. The normalized spacial score (nSPS) is 9.61. The van der Waals surface area contributed by atoms with Crippen molar-refractivity contribution in [2.45, 2.75) is 0 Å². The minimum absolute atomic E-state index is 0.198. The molecule has 0 aliphatic heterocycles. The highest BCUT2D eigenvalue weighted by Crippen LogP contribution is 2.33. The summed E-state index contributed by atoms with van der Waals surface area (Å²) in [5.74, 6) is 0.261. The van der Waals surface area contributed by atoms with E-state index in [4.69, 9.17) is 11.2 Å². The van der Waals surface area contributed by atoms with E-state index < -0.39 is 0 Å². The molecule has 2 N–H and O–H groups in total. The lowest BCUT2D eigenvalue weighted by molar-refractivity contribution is 0.0963. The molecule has 2 aromatic carbocycles. The summed E-state index contributed by atoms with van der Waals surface area (Å²) in [7, 11) is 3.43. The lowest BCUT2D eigenvalue weighted by atomic mass is 9.99. The fourth-order valence-electron chi connectivity index (χ4n) is 2.32. The van der Waals surface area contributed by atoms with Gasteiger partial charge in [-0.05, 0) is 41.5 Å². The zero-order chi connectivity index (χ0) is 16.8. The van der Waals surface area contributed by atoms with Crippen LogP contribution in [0.5, 0.6) is 5.75 Å². The number of ether oxygens (including phenoxy) is 1. The van der Waals surface area contributed by atoms with Gasteiger partial charge in [0.2, 0.25) is 0 Å². The molecule has 0 unspecified atom stereocenters. The number of nitrogens with one attached hydrogen (secondary N) is 2. The Hall–Kier alpha value is -3.19. The zero-order valence-electron chi connectivity index (χ0n) is 13.1. The number of hydrogen-bond acceptors (Lipinski definition) is 3. The molecule has 4 nitrogen and oxygen atoms in total. The van der Waals surface area contributed by atoms with Gasteiger partial charge in [0.1, 0.15) is 11.9 Å². The largest absolute Gasteiger partial charge is 0.407 e. The molecule has 2 rings (SSSR count). The van der Waals surface area contributed by atoms with Crippen molar-refractivity contribution >= 4 is 17.7 Å². The summed E-state index contributed by atoms with van der Waals surface area (Å²) in [4.78, 5) is 11.8. The van der Waals surface area contributed by atoms with Gasteiger partial charge in [-0.25, -0.2) is 0 Å². The first-order valence-electron chi connectivity index (χ1n) is 7.07. The van der Waals surface area contributed by atoms with Gasteiger partial charge in [-0.15, -0.1) is 0 Å². The van der Waals surface area contributed by atoms with Crippen molar-refractivity contribution in [1.82, 2.24) is 5.32 Å². The summed E-state index contributed by atoms with van der Waals surface area (Å²) >= 11 is 0. The van der Waals surface area contributed by atoms with Crippen LogP contribution in [0, 0.1) is 12.5 Å². The summed E-state index contributed by atoms with van der Waals surface area (Å²) in [6, 6.07) is 11.1. The van der Waals surface area contributed by atoms with E-state index in [0.717, 1.165) is 22.4 Å². The molecule has 2 aromatic rings. The fraction of sp³-hybridized carbons (Fsp3) is 0.105. The molecular weight excluding hydrogens is 288 g/mol. The molecular formula is C19H18N2O2. The number of amides is 1. The molecule has 0 fully saturated rings. The van der Waals surface area contributed by atoms with Crippen LogP contribution in [0.4, 0.5) is 5.69 Å². The highest BCUT2D eigenvalue weighted by molar-refractivity contribution is 5.95. The van der Waals surface area contributed by atoms with Crippen molar-refractivity contribution in [2.24, 2.45) is 0 Å². The van der Waals surface area contributed by atoms with E-state index in [1.165, 1.54) is 0 Å². The Morgan fingerprint density at radius 3 is 2.65 bits per heavy atom. The van der Waals surface area contributed by atoms with Crippen LogP contribution in [-0.2, 0) is 0 Å². The van der Waals surface area contributed by atoms with Gasteiger partial charge in [0.05, 0.1) is 0 Å².